The summed E-state index contributed by atoms with van der Waals surface area (Å²) in [6.45, 7) is 1.22. The molecule has 2 amide bonds. The van der Waals surface area contributed by atoms with Crippen LogP contribution in [0.5, 0.6) is 0 Å². The highest BCUT2D eigenvalue weighted by Gasteiger charge is 2.29. The first-order chi connectivity index (χ1) is 13.7. The fraction of sp³-hybridized carbons (Fsp3) is 0.435. The summed E-state index contributed by atoms with van der Waals surface area (Å²) in [4.78, 5) is 28.8. The van der Waals surface area contributed by atoms with E-state index in [1.807, 2.05) is 30.3 Å². The summed E-state index contributed by atoms with van der Waals surface area (Å²) in [5.74, 6) is 0.283. The van der Waals surface area contributed by atoms with Crippen LogP contribution in [0, 0.1) is 11.8 Å². The normalized spacial score (nSPS) is 19.0. The number of hydrogen-bond acceptors (Lipinski definition) is 3. The molecule has 0 bridgehead atoms. The summed E-state index contributed by atoms with van der Waals surface area (Å²) >= 11 is 0. The standard InChI is InChI=1S/C23H29N3O2/c27-22(25-15-5-8-18-6-2-1-3-7-18)20-10-12-21(13-11-20)23(28)26-17-19-9-4-14-24-16-19/h1-4,6-7,9,14,16,20-21H,5,8,10-13,15,17H2,(H,25,27)(H,26,28). The van der Waals surface area contributed by atoms with Gasteiger partial charge in [0.2, 0.25) is 11.8 Å². The van der Waals surface area contributed by atoms with Crippen LogP contribution in [0.4, 0.5) is 0 Å². The van der Waals surface area contributed by atoms with Crippen LogP contribution in [0.3, 0.4) is 0 Å². The van der Waals surface area contributed by atoms with Gasteiger partial charge in [-0.3, -0.25) is 14.6 Å². The molecule has 1 saturated carbocycles. The molecule has 148 valence electrons. The third-order valence-electron chi connectivity index (χ3n) is 5.44. The molecule has 28 heavy (non-hydrogen) atoms. The van der Waals surface area contributed by atoms with Crippen molar-refractivity contribution in [1.29, 1.82) is 0 Å². The van der Waals surface area contributed by atoms with Gasteiger partial charge in [-0.15, -0.1) is 0 Å². The molecule has 0 atom stereocenters. The van der Waals surface area contributed by atoms with Gasteiger partial charge in [-0.1, -0.05) is 36.4 Å². The number of pyridine rings is 1. The molecule has 0 saturated heterocycles. The van der Waals surface area contributed by atoms with Crippen molar-refractivity contribution < 1.29 is 9.59 Å². The van der Waals surface area contributed by atoms with E-state index in [1.54, 1.807) is 12.4 Å². The Bertz CT molecular complexity index is 741. The van der Waals surface area contributed by atoms with E-state index in [9.17, 15) is 9.59 Å². The van der Waals surface area contributed by atoms with Crippen LogP contribution in [-0.4, -0.2) is 23.3 Å². The number of nitrogens with zero attached hydrogens (tertiary/aromatic N) is 1. The van der Waals surface area contributed by atoms with Crippen LogP contribution in [0.15, 0.2) is 54.9 Å². The molecule has 5 nitrogen and oxygen atoms in total. The zero-order valence-electron chi connectivity index (χ0n) is 16.3. The molecular weight excluding hydrogens is 350 g/mol. The first-order valence-corrected chi connectivity index (χ1v) is 10.2. The van der Waals surface area contributed by atoms with Crippen LogP contribution in [0.25, 0.3) is 0 Å². The third-order valence-corrected chi connectivity index (χ3v) is 5.44. The molecule has 0 unspecified atom stereocenters. The van der Waals surface area contributed by atoms with Gasteiger partial charge in [0, 0.05) is 37.3 Å². The van der Waals surface area contributed by atoms with Crippen LogP contribution >= 0.6 is 0 Å². The van der Waals surface area contributed by atoms with Crippen LogP contribution < -0.4 is 10.6 Å². The Morgan fingerprint density at radius 1 is 0.857 bits per heavy atom. The van der Waals surface area contributed by atoms with E-state index in [0.717, 1.165) is 44.1 Å². The lowest BCUT2D eigenvalue weighted by Gasteiger charge is -2.27. The van der Waals surface area contributed by atoms with E-state index in [-0.39, 0.29) is 23.7 Å². The average Bonchev–Trinajstić information content (AvgIpc) is 2.76. The van der Waals surface area contributed by atoms with Gasteiger partial charge in [0.15, 0.2) is 0 Å². The van der Waals surface area contributed by atoms with Crippen molar-refractivity contribution in [3.63, 3.8) is 0 Å². The third kappa shape index (κ3) is 6.19. The van der Waals surface area contributed by atoms with Gasteiger partial charge in [0.05, 0.1) is 0 Å². The Balaban J connectivity index is 1.31. The second-order valence-electron chi connectivity index (χ2n) is 7.51. The Hall–Kier alpha value is -2.69. The summed E-state index contributed by atoms with van der Waals surface area (Å²) < 4.78 is 0. The Labute approximate surface area is 167 Å². The van der Waals surface area contributed by atoms with Crippen LogP contribution in [-0.2, 0) is 22.6 Å². The van der Waals surface area contributed by atoms with E-state index < -0.39 is 0 Å². The topological polar surface area (TPSA) is 71.1 Å². The molecule has 2 aromatic rings. The second kappa shape index (κ2) is 10.6. The number of amides is 2. The molecule has 3 rings (SSSR count). The lowest BCUT2D eigenvalue weighted by Crippen LogP contribution is -2.37. The van der Waals surface area contributed by atoms with Gasteiger partial charge in [-0.2, -0.15) is 0 Å². The van der Waals surface area contributed by atoms with E-state index in [4.69, 9.17) is 0 Å². The number of rotatable bonds is 8. The Morgan fingerprint density at radius 2 is 1.50 bits per heavy atom. The van der Waals surface area contributed by atoms with E-state index in [0.29, 0.717) is 13.1 Å². The second-order valence-corrected chi connectivity index (χ2v) is 7.51. The first kappa shape index (κ1) is 20.1. The minimum Gasteiger partial charge on any atom is -0.356 e. The number of carbonyl (C=O) groups excluding carboxylic acids is 2. The van der Waals surface area contributed by atoms with E-state index in [1.165, 1.54) is 5.56 Å². The fourth-order valence-corrected chi connectivity index (χ4v) is 3.75. The summed E-state index contributed by atoms with van der Waals surface area (Å²) in [5, 5.41) is 6.06. The number of aromatic nitrogens is 1. The van der Waals surface area contributed by atoms with Gasteiger partial charge in [0.25, 0.3) is 0 Å². The first-order valence-electron chi connectivity index (χ1n) is 10.2. The highest BCUT2D eigenvalue weighted by Crippen LogP contribution is 2.29. The average molecular weight is 380 g/mol. The predicted octanol–water partition coefficient (Wildman–Crippen LogP) is 3.25. The monoisotopic (exact) mass is 379 g/mol. The summed E-state index contributed by atoms with van der Waals surface area (Å²) in [7, 11) is 0. The smallest absolute Gasteiger partial charge is 0.223 e. The number of aryl methyl sites for hydroxylation is 1. The lowest BCUT2D eigenvalue weighted by atomic mass is 9.81. The van der Waals surface area contributed by atoms with Gasteiger partial charge in [-0.05, 0) is 55.7 Å². The molecule has 1 heterocycles. The maximum Gasteiger partial charge on any atom is 0.223 e. The highest BCUT2D eigenvalue weighted by atomic mass is 16.2. The number of carbonyl (C=O) groups is 2. The summed E-state index contributed by atoms with van der Waals surface area (Å²) in [6.07, 6.45) is 8.54. The molecule has 2 N–H and O–H groups in total. The molecule has 5 heteroatoms. The maximum atomic E-state index is 12.4. The quantitative estimate of drug-likeness (QED) is 0.692. The van der Waals surface area contributed by atoms with Crippen molar-refractivity contribution in [2.75, 3.05) is 6.54 Å². The van der Waals surface area contributed by atoms with E-state index >= 15 is 0 Å². The van der Waals surface area contributed by atoms with Crippen molar-refractivity contribution in [3.05, 3.63) is 66.0 Å². The molecular formula is C23H29N3O2. The molecule has 1 aromatic heterocycles. The summed E-state index contributed by atoms with van der Waals surface area (Å²) in [6, 6.07) is 14.1. The maximum absolute atomic E-state index is 12.4. The Kier molecular flexibility index (Phi) is 7.59. The van der Waals surface area contributed by atoms with Gasteiger partial charge >= 0.3 is 0 Å². The number of hydrogen-bond donors (Lipinski definition) is 2. The predicted molar refractivity (Wildman–Crippen MR) is 109 cm³/mol. The lowest BCUT2D eigenvalue weighted by molar-refractivity contribution is -0.130. The van der Waals surface area contributed by atoms with Crippen LogP contribution in [0.1, 0.15) is 43.2 Å². The SMILES string of the molecule is O=C(NCCCc1ccccc1)C1CCC(C(=O)NCc2cccnc2)CC1. The van der Waals surface area contributed by atoms with Gasteiger partial charge in [0.1, 0.15) is 0 Å². The Morgan fingerprint density at radius 3 is 2.14 bits per heavy atom. The van der Waals surface area contributed by atoms with Crippen molar-refractivity contribution in [2.24, 2.45) is 11.8 Å². The molecule has 0 spiro atoms. The molecule has 1 fully saturated rings. The van der Waals surface area contributed by atoms with Crippen molar-refractivity contribution in [1.82, 2.24) is 15.6 Å². The number of benzene rings is 1. The largest absolute Gasteiger partial charge is 0.356 e. The zero-order chi connectivity index (χ0) is 19.6. The van der Waals surface area contributed by atoms with Crippen molar-refractivity contribution >= 4 is 11.8 Å². The zero-order valence-corrected chi connectivity index (χ0v) is 16.3. The van der Waals surface area contributed by atoms with Crippen molar-refractivity contribution in [2.45, 2.75) is 45.1 Å². The van der Waals surface area contributed by atoms with Gasteiger partial charge in [-0.25, -0.2) is 0 Å². The number of nitrogens with one attached hydrogen (secondary N) is 2. The molecule has 0 aliphatic heterocycles. The molecule has 0 radical (unpaired) electrons. The molecule has 1 aliphatic rings. The molecule has 1 aliphatic carbocycles. The molecule has 1 aromatic carbocycles. The fourth-order valence-electron chi connectivity index (χ4n) is 3.75. The summed E-state index contributed by atoms with van der Waals surface area (Å²) in [5.41, 5.74) is 2.30. The minimum atomic E-state index is 0.0128. The van der Waals surface area contributed by atoms with E-state index in [2.05, 4.69) is 27.8 Å². The van der Waals surface area contributed by atoms with Crippen molar-refractivity contribution in [3.8, 4) is 0 Å². The van der Waals surface area contributed by atoms with Crippen LogP contribution in [0.2, 0.25) is 0 Å². The minimum absolute atomic E-state index is 0.0128. The van der Waals surface area contributed by atoms with Gasteiger partial charge < -0.3 is 10.6 Å². The highest BCUT2D eigenvalue weighted by molar-refractivity contribution is 5.81.